The van der Waals surface area contributed by atoms with Crippen LogP contribution in [0.15, 0.2) is 24.3 Å². The van der Waals surface area contributed by atoms with Crippen LogP contribution in [0.2, 0.25) is 0 Å². The van der Waals surface area contributed by atoms with Crippen molar-refractivity contribution < 1.29 is 28.5 Å². The highest BCUT2D eigenvalue weighted by Crippen LogP contribution is 2.48. The van der Waals surface area contributed by atoms with E-state index in [0.717, 1.165) is 25.7 Å². The van der Waals surface area contributed by atoms with E-state index in [2.05, 4.69) is 27.0 Å². The Morgan fingerprint density at radius 2 is 1.00 bits per heavy atom. The van der Waals surface area contributed by atoms with Crippen molar-refractivity contribution in [2.45, 2.75) is 91.3 Å². The fraction of sp³-hybridized carbons (Fsp3) is 0.778. The van der Waals surface area contributed by atoms with Gasteiger partial charge in [0.1, 0.15) is 13.2 Å². The summed E-state index contributed by atoms with van der Waals surface area (Å²) in [6.07, 6.45) is 9.58. The molecule has 0 aromatic carbocycles. The summed E-state index contributed by atoms with van der Waals surface area (Å²) in [5.41, 5.74) is 1.15. The summed E-state index contributed by atoms with van der Waals surface area (Å²) in [6, 6.07) is 0. The Hall–Kier alpha value is -1.66. The normalized spacial score (nSPS) is 25.8. The molecule has 0 radical (unpaired) electrons. The van der Waals surface area contributed by atoms with Crippen LogP contribution >= 0.6 is 0 Å². The van der Waals surface area contributed by atoms with E-state index in [9.17, 15) is 9.59 Å². The monoisotopic (exact) mass is 464 g/mol. The Morgan fingerprint density at radius 1 is 0.667 bits per heavy atom. The SMILES string of the molecule is C=C(C)C(=O)OCCOC1CCC(C(C)(C)C2CCC(OCCOC(=O)C(=C)C)CC2)CC1. The minimum Gasteiger partial charge on any atom is -0.460 e. The molecule has 0 aliphatic heterocycles. The second-order valence-electron chi connectivity index (χ2n) is 10.3. The second-order valence-corrected chi connectivity index (χ2v) is 10.3. The van der Waals surface area contributed by atoms with Crippen molar-refractivity contribution in [2.24, 2.45) is 17.3 Å². The molecule has 0 N–H and O–H groups in total. The quantitative estimate of drug-likeness (QED) is 0.219. The van der Waals surface area contributed by atoms with Crippen molar-refractivity contribution in [1.82, 2.24) is 0 Å². The lowest BCUT2D eigenvalue weighted by Gasteiger charge is -2.46. The standard InChI is InChI=1S/C27H44O6/c1-19(2)25(28)32-17-15-30-23-11-7-21(8-12-23)27(5,6)22-9-13-24(14-10-22)31-16-18-33-26(29)20(3)4/h21-24H,1,3,7-18H2,2,4-6H3. The third-order valence-corrected chi connectivity index (χ3v) is 7.49. The molecule has 2 saturated carbocycles. The van der Waals surface area contributed by atoms with E-state index in [-0.39, 0.29) is 24.1 Å². The van der Waals surface area contributed by atoms with E-state index in [1.807, 2.05) is 0 Å². The highest BCUT2D eigenvalue weighted by molar-refractivity contribution is 5.87. The molecule has 2 aliphatic rings. The first-order valence-corrected chi connectivity index (χ1v) is 12.5. The van der Waals surface area contributed by atoms with Crippen molar-refractivity contribution >= 4 is 11.9 Å². The van der Waals surface area contributed by atoms with Gasteiger partial charge in [-0.25, -0.2) is 9.59 Å². The van der Waals surface area contributed by atoms with Gasteiger partial charge in [-0.1, -0.05) is 27.0 Å². The third-order valence-electron chi connectivity index (χ3n) is 7.49. The average Bonchev–Trinajstić information content (AvgIpc) is 2.79. The molecule has 0 aromatic rings. The molecular formula is C27H44O6. The Balaban J connectivity index is 1.63. The van der Waals surface area contributed by atoms with E-state index >= 15 is 0 Å². The van der Waals surface area contributed by atoms with E-state index < -0.39 is 0 Å². The first-order valence-electron chi connectivity index (χ1n) is 12.5. The van der Waals surface area contributed by atoms with Crippen LogP contribution in [0.3, 0.4) is 0 Å². The summed E-state index contributed by atoms with van der Waals surface area (Å²) in [5, 5.41) is 0. The largest absolute Gasteiger partial charge is 0.460 e. The van der Waals surface area contributed by atoms with Crippen LogP contribution in [-0.4, -0.2) is 50.6 Å². The van der Waals surface area contributed by atoms with E-state index in [1.165, 1.54) is 25.7 Å². The molecule has 188 valence electrons. The van der Waals surface area contributed by atoms with Crippen molar-refractivity contribution in [3.63, 3.8) is 0 Å². The zero-order valence-electron chi connectivity index (χ0n) is 21.2. The number of rotatable bonds is 12. The van der Waals surface area contributed by atoms with E-state index in [4.69, 9.17) is 18.9 Å². The minimum absolute atomic E-state index is 0.267. The predicted molar refractivity (Wildman–Crippen MR) is 129 cm³/mol. The van der Waals surface area contributed by atoms with Gasteiger partial charge in [0.15, 0.2) is 0 Å². The molecule has 33 heavy (non-hydrogen) atoms. The van der Waals surface area contributed by atoms with Crippen LogP contribution in [0.1, 0.15) is 79.1 Å². The van der Waals surface area contributed by atoms with Gasteiger partial charge < -0.3 is 18.9 Å². The van der Waals surface area contributed by atoms with E-state index in [1.54, 1.807) is 13.8 Å². The summed E-state index contributed by atoms with van der Waals surface area (Å²) in [4.78, 5) is 22.8. The Bertz CT molecular complexity index is 610. The molecule has 0 atom stereocenters. The summed E-state index contributed by atoms with van der Waals surface area (Å²) in [6.45, 7) is 16.8. The first kappa shape index (κ1) is 27.6. The molecule has 0 saturated heterocycles. The van der Waals surface area contributed by atoms with Crippen LogP contribution in [0.5, 0.6) is 0 Å². The number of carbonyl (C=O) groups is 2. The number of esters is 2. The van der Waals surface area contributed by atoms with Crippen molar-refractivity contribution in [2.75, 3.05) is 26.4 Å². The highest BCUT2D eigenvalue weighted by atomic mass is 16.6. The van der Waals surface area contributed by atoms with Crippen molar-refractivity contribution in [1.29, 1.82) is 0 Å². The summed E-state index contributed by atoms with van der Waals surface area (Å²) < 4.78 is 22.1. The highest BCUT2D eigenvalue weighted by Gasteiger charge is 2.40. The molecule has 0 heterocycles. The topological polar surface area (TPSA) is 71.1 Å². The molecule has 2 aliphatic carbocycles. The van der Waals surface area contributed by atoms with Gasteiger partial charge in [0.2, 0.25) is 0 Å². The Kier molecular flexibility index (Phi) is 11.1. The summed E-state index contributed by atoms with van der Waals surface area (Å²) in [7, 11) is 0. The molecule has 0 aromatic heterocycles. The van der Waals surface area contributed by atoms with Gasteiger partial charge >= 0.3 is 11.9 Å². The van der Waals surface area contributed by atoms with E-state index in [0.29, 0.717) is 54.8 Å². The van der Waals surface area contributed by atoms with Gasteiger partial charge in [0.05, 0.1) is 25.4 Å². The number of ether oxygens (including phenoxy) is 4. The Morgan fingerprint density at radius 3 is 1.30 bits per heavy atom. The smallest absolute Gasteiger partial charge is 0.333 e. The van der Waals surface area contributed by atoms with Gasteiger partial charge in [-0.15, -0.1) is 0 Å². The van der Waals surface area contributed by atoms with Crippen molar-refractivity contribution in [3.8, 4) is 0 Å². The number of carbonyl (C=O) groups excluding carboxylic acids is 2. The van der Waals surface area contributed by atoms with Crippen LogP contribution in [0.4, 0.5) is 0 Å². The van der Waals surface area contributed by atoms with Crippen LogP contribution < -0.4 is 0 Å². The van der Waals surface area contributed by atoms with Crippen LogP contribution in [0.25, 0.3) is 0 Å². The Labute approximate surface area is 200 Å². The summed E-state index contributed by atoms with van der Waals surface area (Å²) >= 11 is 0. The molecule has 6 heteroatoms. The van der Waals surface area contributed by atoms with Crippen LogP contribution in [0, 0.1) is 17.3 Å². The van der Waals surface area contributed by atoms with Gasteiger partial charge in [0, 0.05) is 11.1 Å². The molecule has 0 spiro atoms. The molecule has 2 fully saturated rings. The second kappa shape index (κ2) is 13.3. The number of hydrogen-bond acceptors (Lipinski definition) is 6. The lowest BCUT2D eigenvalue weighted by Crippen LogP contribution is -2.39. The minimum atomic E-state index is -0.351. The lowest BCUT2D eigenvalue weighted by molar-refractivity contribution is -0.142. The fourth-order valence-electron chi connectivity index (χ4n) is 5.23. The van der Waals surface area contributed by atoms with Crippen LogP contribution in [-0.2, 0) is 28.5 Å². The third kappa shape index (κ3) is 8.90. The van der Waals surface area contributed by atoms with Crippen molar-refractivity contribution in [3.05, 3.63) is 24.3 Å². The average molecular weight is 465 g/mol. The first-order chi connectivity index (χ1) is 15.6. The fourth-order valence-corrected chi connectivity index (χ4v) is 5.23. The molecule has 6 nitrogen and oxygen atoms in total. The zero-order chi connectivity index (χ0) is 24.4. The zero-order valence-corrected chi connectivity index (χ0v) is 21.2. The molecular weight excluding hydrogens is 420 g/mol. The van der Waals surface area contributed by atoms with Gasteiger partial charge in [-0.2, -0.15) is 0 Å². The summed E-state index contributed by atoms with van der Waals surface area (Å²) in [5.74, 6) is 0.719. The maximum atomic E-state index is 11.4. The van der Waals surface area contributed by atoms with Gasteiger partial charge in [-0.3, -0.25) is 0 Å². The predicted octanol–water partition coefficient (Wildman–Crippen LogP) is 5.40. The molecule has 0 amide bonds. The molecule has 2 rings (SSSR count). The number of hydrogen-bond donors (Lipinski definition) is 0. The van der Waals surface area contributed by atoms with Gasteiger partial charge in [0.25, 0.3) is 0 Å². The van der Waals surface area contributed by atoms with Gasteiger partial charge in [-0.05, 0) is 82.5 Å². The maximum Gasteiger partial charge on any atom is 0.333 e. The maximum absolute atomic E-state index is 11.4. The molecule has 0 bridgehead atoms. The molecule has 0 unspecified atom stereocenters. The lowest BCUT2D eigenvalue weighted by atomic mass is 9.60.